The van der Waals surface area contributed by atoms with Gasteiger partial charge in [-0.15, -0.1) is 10.2 Å². The topological polar surface area (TPSA) is 123 Å². The van der Waals surface area contributed by atoms with Crippen LogP contribution < -0.4 is 15.4 Å². The van der Waals surface area contributed by atoms with Gasteiger partial charge in [-0.2, -0.15) is 0 Å². The summed E-state index contributed by atoms with van der Waals surface area (Å²) in [6.45, 7) is 11.7. The summed E-state index contributed by atoms with van der Waals surface area (Å²) in [5.41, 5.74) is 3.21. The Kier molecular flexibility index (Phi) is 8.24. The number of ether oxygens (including phenoxy) is 1. The minimum atomic E-state index is -0.394. The molecule has 0 bridgehead atoms. The van der Waals surface area contributed by atoms with Crippen LogP contribution in [0.4, 0.5) is 10.6 Å². The molecule has 2 atom stereocenters. The Balaban J connectivity index is 1.33. The average molecular weight is 570 g/mol. The van der Waals surface area contributed by atoms with Gasteiger partial charge < -0.3 is 10.1 Å². The first-order chi connectivity index (χ1) is 20.1. The minimum Gasteiger partial charge on any atom is -0.484 e. The van der Waals surface area contributed by atoms with E-state index < -0.39 is 6.03 Å². The number of carbonyl (C=O) groups is 2. The number of rotatable bonds is 8. The zero-order valence-corrected chi connectivity index (χ0v) is 25.1. The van der Waals surface area contributed by atoms with Crippen molar-refractivity contribution in [1.29, 1.82) is 0 Å². The number of carbonyl (C=O) groups excluding carboxylic acids is 2. The third-order valence-corrected chi connectivity index (χ3v) is 7.82. The van der Waals surface area contributed by atoms with Gasteiger partial charge >= 0.3 is 6.03 Å². The van der Waals surface area contributed by atoms with E-state index in [0.717, 1.165) is 47.6 Å². The highest BCUT2D eigenvalue weighted by Crippen LogP contribution is 2.39. The molecule has 1 aliphatic rings. The minimum absolute atomic E-state index is 0.0809. The Bertz CT molecular complexity index is 1600. The van der Waals surface area contributed by atoms with Crippen molar-refractivity contribution in [2.45, 2.75) is 90.7 Å². The summed E-state index contributed by atoms with van der Waals surface area (Å²) in [7, 11) is 0. The molecular formula is C32H39N7O3. The van der Waals surface area contributed by atoms with Gasteiger partial charge in [0.2, 0.25) is 0 Å². The number of aromatic nitrogens is 5. The van der Waals surface area contributed by atoms with Gasteiger partial charge in [0.05, 0.1) is 17.9 Å². The number of amides is 2. The van der Waals surface area contributed by atoms with Crippen LogP contribution in [-0.4, -0.2) is 36.4 Å². The molecule has 0 radical (unpaired) electrons. The summed E-state index contributed by atoms with van der Waals surface area (Å²) >= 11 is 0. The van der Waals surface area contributed by atoms with Gasteiger partial charge in [0, 0.05) is 24.3 Å². The van der Waals surface area contributed by atoms with Crippen molar-refractivity contribution in [2.24, 2.45) is 0 Å². The molecule has 42 heavy (non-hydrogen) atoms. The standard InChI is InChI=1S/C32H39N7O3/c1-7-20(8-2)30-38-37-28-16-13-21(18-39(28)30)42-25-15-14-24(22-11-9-10-12-23(22)25)33-31(41)36-27-17-26(32(4,5)6)34-29(35-27)19(3)40/h9-13,16-18,20,24-25H,7-8,14-15H2,1-6H3,(H2,33,34,35,36,41)/t24-,25+/m0/s1. The van der Waals surface area contributed by atoms with E-state index in [1.54, 1.807) is 6.07 Å². The highest BCUT2D eigenvalue weighted by atomic mass is 16.5. The first-order valence-electron chi connectivity index (χ1n) is 14.7. The van der Waals surface area contributed by atoms with Gasteiger partial charge in [-0.3, -0.25) is 14.5 Å². The van der Waals surface area contributed by atoms with Crippen LogP contribution >= 0.6 is 0 Å². The molecule has 0 aliphatic heterocycles. The molecule has 220 valence electrons. The van der Waals surface area contributed by atoms with Crippen LogP contribution in [0.5, 0.6) is 5.75 Å². The Morgan fingerprint density at radius 1 is 1.02 bits per heavy atom. The van der Waals surface area contributed by atoms with Crippen molar-refractivity contribution in [1.82, 2.24) is 29.9 Å². The van der Waals surface area contributed by atoms with Gasteiger partial charge in [-0.1, -0.05) is 58.9 Å². The summed E-state index contributed by atoms with van der Waals surface area (Å²) in [4.78, 5) is 33.8. The molecule has 0 unspecified atom stereocenters. The second-order valence-electron chi connectivity index (χ2n) is 11.9. The van der Waals surface area contributed by atoms with Crippen LogP contribution in [0.3, 0.4) is 0 Å². The first-order valence-corrected chi connectivity index (χ1v) is 14.7. The summed E-state index contributed by atoms with van der Waals surface area (Å²) < 4.78 is 8.57. The van der Waals surface area contributed by atoms with Crippen LogP contribution in [0, 0.1) is 0 Å². The predicted molar refractivity (Wildman–Crippen MR) is 161 cm³/mol. The monoisotopic (exact) mass is 569 g/mol. The average Bonchev–Trinajstić information content (AvgIpc) is 3.37. The van der Waals surface area contributed by atoms with Gasteiger partial charge in [-0.05, 0) is 48.9 Å². The van der Waals surface area contributed by atoms with Crippen LogP contribution in [0.2, 0.25) is 0 Å². The SMILES string of the molecule is CCC(CC)c1nnc2ccc(O[C@@H]3CC[C@H](NC(=O)Nc4cc(C(C)(C)C)nc(C(C)=O)n4)c4ccccc43)cn12. The lowest BCUT2D eigenvalue weighted by Gasteiger charge is -2.32. The zero-order valence-electron chi connectivity index (χ0n) is 25.1. The number of nitrogens with one attached hydrogen (secondary N) is 2. The lowest BCUT2D eigenvalue weighted by atomic mass is 9.85. The molecule has 3 heterocycles. The highest BCUT2D eigenvalue weighted by Gasteiger charge is 2.30. The number of fused-ring (bicyclic) bond motifs is 2. The maximum atomic E-state index is 13.1. The Morgan fingerprint density at radius 2 is 1.76 bits per heavy atom. The molecule has 1 aromatic carbocycles. The maximum Gasteiger partial charge on any atom is 0.320 e. The van der Waals surface area contributed by atoms with Crippen molar-refractivity contribution in [2.75, 3.05) is 5.32 Å². The highest BCUT2D eigenvalue weighted by molar-refractivity contribution is 5.92. The molecule has 4 aromatic rings. The number of nitrogens with zero attached hydrogens (tertiary/aromatic N) is 5. The molecular weight excluding hydrogens is 530 g/mol. The summed E-state index contributed by atoms with van der Waals surface area (Å²) in [6.07, 6.45) is 5.21. The molecule has 5 rings (SSSR count). The van der Waals surface area contributed by atoms with E-state index in [4.69, 9.17) is 4.74 Å². The van der Waals surface area contributed by atoms with Crippen molar-refractivity contribution < 1.29 is 14.3 Å². The van der Waals surface area contributed by atoms with E-state index >= 15 is 0 Å². The number of hydrogen-bond acceptors (Lipinski definition) is 7. The number of Topliss-reactive ketones (excluding diaryl/α,β-unsaturated/α-hetero) is 1. The van der Waals surface area contributed by atoms with Crippen LogP contribution in [0.15, 0.2) is 48.7 Å². The van der Waals surface area contributed by atoms with Crippen molar-refractivity contribution in [3.63, 3.8) is 0 Å². The van der Waals surface area contributed by atoms with E-state index in [1.165, 1.54) is 6.92 Å². The molecule has 3 aromatic heterocycles. The molecule has 10 heteroatoms. The first kappa shape index (κ1) is 29.2. The normalized spacial score (nSPS) is 16.7. The third kappa shape index (κ3) is 6.12. The van der Waals surface area contributed by atoms with Crippen LogP contribution in [0.25, 0.3) is 5.65 Å². The fourth-order valence-electron chi connectivity index (χ4n) is 5.44. The quantitative estimate of drug-likeness (QED) is 0.226. The van der Waals surface area contributed by atoms with Crippen molar-refractivity contribution in [3.8, 4) is 5.75 Å². The van der Waals surface area contributed by atoms with Gasteiger partial charge in [0.15, 0.2) is 17.3 Å². The second kappa shape index (κ2) is 11.9. The Morgan fingerprint density at radius 3 is 2.45 bits per heavy atom. The Labute approximate surface area is 246 Å². The van der Waals surface area contributed by atoms with Gasteiger partial charge in [0.25, 0.3) is 0 Å². The molecule has 0 fully saturated rings. The number of benzene rings is 1. The summed E-state index contributed by atoms with van der Waals surface area (Å²) in [5, 5.41) is 14.7. The van der Waals surface area contributed by atoms with Crippen molar-refractivity contribution >= 4 is 23.3 Å². The van der Waals surface area contributed by atoms with Crippen LogP contribution in [-0.2, 0) is 5.41 Å². The molecule has 0 saturated carbocycles. The molecule has 10 nitrogen and oxygen atoms in total. The summed E-state index contributed by atoms with van der Waals surface area (Å²) in [6, 6.07) is 13.0. The predicted octanol–water partition coefficient (Wildman–Crippen LogP) is 6.70. The van der Waals surface area contributed by atoms with E-state index in [-0.39, 0.29) is 29.2 Å². The molecule has 1 aliphatic carbocycles. The van der Waals surface area contributed by atoms with Crippen LogP contribution in [0.1, 0.15) is 119 Å². The lowest BCUT2D eigenvalue weighted by molar-refractivity contribution is 0.100. The number of anilines is 1. The molecule has 0 saturated heterocycles. The molecule has 2 N–H and O–H groups in total. The van der Waals surface area contributed by atoms with E-state index in [1.807, 2.05) is 61.7 Å². The second-order valence-corrected chi connectivity index (χ2v) is 11.9. The fourth-order valence-corrected chi connectivity index (χ4v) is 5.44. The van der Waals surface area contributed by atoms with E-state index in [2.05, 4.69) is 50.7 Å². The smallest absolute Gasteiger partial charge is 0.320 e. The van der Waals surface area contributed by atoms with Gasteiger partial charge in [0.1, 0.15) is 23.5 Å². The number of ketones is 1. The largest absolute Gasteiger partial charge is 0.484 e. The lowest BCUT2D eigenvalue weighted by Crippen LogP contribution is -2.36. The van der Waals surface area contributed by atoms with E-state index in [9.17, 15) is 9.59 Å². The fraction of sp³-hybridized carbons (Fsp3) is 0.438. The maximum absolute atomic E-state index is 13.1. The zero-order chi connectivity index (χ0) is 30.0. The summed E-state index contributed by atoms with van der Waals surface area (Å²) in [5.74, 6) is 2.15. The number of hydrogen-bond donors (Lipinski definition) is 2. The molecule has 2 amide bonds. The Hall–Kier alpha value is -4.34. The third-order valence-electron chi connectivity index (χ3n) is 7.82. The number of urea groups is 1. The van der Waals surface area contributed by atoms with Gasteiger partial charge in [-0.25, -0.2) is 14.8 Å². The number of pyridine rings is 1. The van der Waals surface area contributed by atoms with E-state index in [0.29, 0.717) is 23.9 Å². The molecule has 0 spiro atoms. The van der Waals surface area contributed by atoms with Crippen molar-refractivity contribution in [3.05, 3.63) is 77.1 Å².